The Labute approximate surface area is 113 Å². The first kappa shape index (κ1) is 13.6. The Morgan fingerprint density at radius 3 is 3.05 bits per heavy atom. The maximum Gasteiger partial charge on any atom is 0.224 e. The van der Waals surface area contributed by atoms with Crippen LogP contribution in [0, 0.1) is 6.92 Å². The largest absolute Gasteiger partial charge is 0.354 e. The molecule has 0 atom stereocenters. The number of aromatic nitrogens is 2. The number of hydrogen-bond acceptors (Lipinski definition) is 5. The third-order valence-corrected chi connectivity index (χ3v) is 3.01. The molecular weight excluding hydrogens is 242 g/mol. The molecule has 0 unspecified atom stereocenters. The summed E-state index contributed by atoms with van der Waals surface area (Å²) >= 11 is 0. The van der Waals surface area contributed by atoms with Crippen molar-refractivity contribution in [2.75, 3.05) is 36.4 Å². The SMILES string of the molecule is CCCNc1nc(C)cc(N2CCNC(=O)CC2)n1. The van der Waals surface area contributed by atoms with Gasteiger partial charge in [0.25, 0.3) is 0 Å². The minimum absolute atomic E-state index is 0.109. The second kappa shape index (κ2) is 6.36. The van der Waals surface area contributed by atoms with Crippen molar-refractivity contribution in [3.8, 4) is 0 Å². The van der Waals surface area contributed by atoms with Gasteiger partial charge in [-0.2, -0.15) is 4.98 Å². The fraction of sp³-hybridized carbons (Fsp3) is 0.615. The van der Waals surface area contributed by atoms with E-state index in [1.807, 2.05) is 13.0 Å². The predicted octanol–water partition coefficient (Wildman–Crippen LogP) is 0.933. The number of anilines is 2. The molecule has 1 saturated heterocycles. The molecule has 0 radical (unpaired) electrons. The Kier molecular flexibility index (Phi) is 4.54. The van der Waals surface area contributed by atoms with Crippen LogP contribution in [0.5, 0.6) is 0 Å². The molecule has 1 aliphatic heterocycles. The molecule has 1 amide bonds. The molecule has 1 aromatic heterocycles. The summed E-state index contributed by atoms with van der Waals surface area (Å²) in [4.78, 5) is 22.4. The van der Waals surface area contributed by atoms with Gasteiger partial charge in [-0.25, -0.2) is 4.98 Å². The molecule has 0 aliphatic carbocycles. The van der Waals surface area contributed by atoms with Crippen LogP contribution in [0.25, 0.3) is 0 Å². The van der Waals surface area contributed by atoms with E-state index in [2.05, 4.69) is 32.4 Å². The molecule has 104 valence electrons. The highest BCUT2D eigenvalue weighted by molar-refractivity contribution is 5.77. The first-order valence-electron chi connectivity index (χ1n) is 6.80. The molecule has 0 spiro atoms. The van der Waals surface area contributed by atoms with Gasteiger partial charge in [0.1, 0.15) is 5.82 Å². The Morgan fingerprint density at radius 2 is 2.26 bits per heavy atom. The number of aryl methyl sites for hydroxylation is 1. The lowest BCUT2D eigenvalue weighted by Gasteiger charge is -2.21. The maximum atomic E-state index is 11.4. The van der Waals surface area contributed by atoms with Gasteiger partial charge in [-0.15, -0.1) is 0 Å². The molecule has 0 bridgehead atoms. The van der Waals surface area contributed by atoms with Crippen molar-refractivity contribution < 1.29 is 4.79 Å². The average molecular weight is 263 g/mol. The number of hydrogen-bond donors (Lipinski definition) is 2. The second-order valence-electron chi connectivity index (χ2n) is 4.70. The monoisotopic (exact) mass is 263 g/mol. The van der Waals surface area contributed by atoms with Gasteiger partial charge in [-0.3, -0.25) is 4.79 Å². The topological polar surface area (TPSA) is 70.2 Å². The standard InChI is InChI=1S/C13H21N5O/c1-3-5-15-13-16-10(2)9-11(17-13)18-7-4-12(19)14-6-8-18/h9H,3-8H2,1-2H3,(H,14,19)(H,15,16,17). The van der Waals surface area contributed by atoms with E-state index >= 15 is 0 Å². The molecule has 2 heterocycles. The van der Waals surface area contributed by atoms with Crippen molar-refractivity contribution in [3.63, 3.8) is 0 Å². The minimum Gasteiger partial charge on any atom is -0.354 e. The third kappa shape index (κ3) is 3.81. The van der Waals surface area contributed by atoms with E-state index in [0.29, 0.717) is 25.5 Å². The predicted molar refractivity (Wildman–Crippen MR) is 75.4 cm³/mol. The molecule has 1 aliphatic rings. The molecule has 6 heteroatoms. The van der Waals surface area contributed by atoms with Crippen LogP contribution in [0.2, 0.25) is 0 Å². The maximum absolute atomic E-state index is 11.4. The van der Waals surface area contributed by atoms with Gasteiger partial charge in [0, 0.05) is 44.4 Å². The van der Waals surface area contributed by atoms with Crippen LogP contribution in [0.1, 0.15) is 25.5 Å². The van der Waals surface area contributed by atoms with Crippen molar-refractivity contribution in [3.05, 3.63) is 11.8 Å². The van der Waals surface area contributed by atoms with Crippen LogP contribution in [0.15, 0.2) is 6.07 Å². The van der Waals surface area contributed by atoms with Crippen LogP contribution < -0.4 is 15.5 Å². The zero-order valence-electron chi connectivity index (χ0n) is 11.6. The number of amides is 1. The number of carbonyl (C=O) groups is 1. The van der Waals surface area contributed by atoms with E-state index in [9.17, 15) is 4.79 Å². The highest BCUT2D eigenvalue weighted by atomic mass is 16.1. The van der Waals surface area contributed by atoms with Crippen molar-refractivity contribution in [2.45, 2.75) is 26.7 Å². The Bertz CT molecular complexity index is 449. The number of rotatable bonds is 4. The fourth-order valence-corrected chi connectivity index (χ4v) is 2.03. The molecule has 1 fully saturated rings. The lowest BCUT2D eigenvalue weighted by Crippen LogP contribution is -2.29. The molecule has 6 nitrogen and oxygen atoms in total. The second-order valence-corrected chi connectivity index (χ2v) is 4.70. The van der Waals surface area contributed by atoms with E-state index in [4.69, 9.17) is 0 Å². The van der Waals surface area contributed by atoms with Crippen molar-refractivity contribution in [1.82, 2.24) is 15.3 Å². The highest BCUT2D eigenvalue weighted by Gasteiger charge is 2.15. The summed E-state index contributed by atoms with van der Waals surface area (Å²) in [5.41, 5.74) is 0.937. The summed E-state index contributed by atoms with van der Waals surface area (Å²) < 4.78 is 0. The van der Waals surface area contributed by atoms with E-state index in [1.165, 1.54) is 0 Å². The summed E-state index contributed by atoms with van der Waals surface area (Å²) in [5.74, 6) is 1.67. The van der Waals surface area contributed by atoms with Gasteiger partial charge < -0.3 is 15.5 Å². The van der Waals surface area contributed by atoms with Gasteiger partial charge in [-0.05, 0) is 13.3 Å². The number of nitrogens with zero attached hydrogens (tertiary/aromatic N) is 3. The molecule has 19 heavy (non-hydrogen) atoms. The van der Waals surface area contributed by atoms with Crippen LogP contribution in [-0.2, 0) is 4.79 Å². The van der Waals surface area contributed by atoms with Crippen molar-refractivity contribution in [2.24, 2.45) is 0 Å². The normalized spacial score (nSPS) is 15.9. The molecule has 0 saturated carbocycles. The smallest absolute Gasteiger partial charge is 0.224 e. The average Bonchev–Trinajstić information content (AvgIpc) is 2.60. The lowest BCUT2D eigenvalue weighted by molar-refractivity contribution is -0.120. The zero-order valence-corrected chi connectivity index (χ0v) is 11.6. The van der Waals surface area contributed by atoms with Gasteiger partial charge >= 0.3 is 0 Å². The first-order valence-corrected chi connectivity index (χ1v) is 6.80. The Hall–Kier alpha value is -1.85. The lowest BCUT2D eigenvalue weighted by atomic mass is 10.3. The third-order valence-electron chi connectivity index (χ3n) is 3.01. The minimum atomic E-state index is 0.109. The Morgan fingerprint density at radius 1 is 1.42 bits per heavy atom. The van der Waals surface area contributed by atoms with E-state index in [-0.39, 0.29) is 5.91 Å². The van der Waals surface area contributed by atoms with Gasteiger partial charge in [-0.1, -0.05) is 6.92 Å². The molecule has 0 aromatic carbocycles. The summed E-state index contributed by atoms with van der Waals surface area (Å²) in [7, 11) is 0. The molecular formula is C13H21N5O. The van der Waals surface area contributed by atoms with Crippen LogP contribution in [0.4, 0.5) is 11.8 Å². The van der Waals surface area contributed by atoms with E-state index in [0.717, 1.165) is 31.0 Å². The molecule has 2 rings (SSSR count). The summed E-state index contributed by atoms with van der Waals surface area (Å²) in [5, 5.41) is 6.08. The molecule has 2 N–H and O–H groups in total. The van der Waals surface area contributed by atoms with E-state index in [1.54, 1.807) is 0 Å². The Balaban J connectivity index is 2.13. The van der Waals surface area contributed by atoms with E-state index < -0.39 is 0 Å². The number of nitrogens with one attached hydrogen (secondary N) is 2. The van der Waals surface area contributed by atoms with Crippen LogP contribution >= 0.6 is 0 Å². The van der Waals surface area contributed by atoms with Crippen LogP contribution in [-0.4, -0.2) is 42.1 Å². The quantitative estimate of drug-likeness (QED) is 0.846. The molecule has 1 aromatic rings. The first-order chi connectivity index (χ1) is 9.19. The summed E-state index contributed by atoms with van der Waals surface area (Å²) in [6, 6.07) is 1.97. The van der Waals surface area contributed by atoms with Crippen molar-refractivity contribution >= 4 is 17.7 Å². The summed E-state index contributed by atoms with van der Waals surface area (Å²) in [6.45, 7) is 7.09. The van der Waals surface area contributed by atoms with Crippen LogP contribution in [0.3, 0.4) is 0 Å². The fourth-order valence-electron chi connectivity index (χ4n) is 2.03. The summed E-state index contributed by atoms with van der Waals surface area (Å²) in [6.07, 6.45) is 1.55. The van der Waals surface area contributed by atoms with Gasteiger partial charge in [0.05, 0.1) is 0 Å². The van der Waals surface area contributed by atoms with Gasteiger partial charge in [0.15, 0.2) is 0 Å². The van der Waals surface area contributed by atoms with Crippen molar-refractivity contribution in [1.29, 1.82) is 0 Å². The number of carbonyl (C=O) groups excluding carboxylic acids is 1. The highest BCUT2D eigenvalue weighted by Crippen LogP contribution is 2.15. The van der Waals surface area contributed by atoms with Gasteiger partial charge in [0.2, 0.25) is 11.9 Å². The zero-order chi connectivity index (χ0) is 13.7.